The number of nitrogens with two attached hydrogens (primary N) is 3. The van der Waals surface area contributed by atoms with Crippen molar-refractivity contribution in [2.45, 2.75) is 15.7 Å². The minimum atomic E-state index is -1.36. The highest BCUT2D eigenvalue weighted by Crippen LogP contribution is 2.30. The average molecular weight is 820 g/mol. The van der Waals surface area contributed by atoms with Gasteiger partial charge in [-0.05, 0) is 33.4 Å². The fourth-order valence-electron chi connectivity index (χ4n) is 5.93. The van der Waals surface area contributed by atoms with Crippen LogP contribution in [0.2, 0.25) is 0 Å². The van der Waals surface area contributed by atoms with E-state index in [9.17, 15) is 27.0 Å². The number of hydrogen-bond acceptors (Lipinski definition) is 6. The molecule has 0 aliphatic rings. The summed E-state index contributed by atoms with van der Waals surface area (Å²) in [4.78, 5) is 33.0. The number of hydrogen-bond donors (Lipinski definition) is 3. The number of carbonyl (C=O) groups excluding carboxylic acids is 3. The molecule has 0 saturated carbocycles. The van der Waals surface area contributed by atoms with Gasteiger partial charge in [0.25, 0.3) is 0 Å². The summed E-state index contributed by atoms with van der Waals surface area (Å²) in [6.45, 7) is 0. The van der Waals surface area contributed by atoms with E-state index in [1.807, 2.05) is 182 Å². The summed E-state index contributed by atoms with van der Waals surface area (Å²) in [7, 11) is -4.09. The van der Waals surface area contributed by atoms with Crippen molar-refractivity contribution in [2.24, 2.45) is 17.2 Å². The molecule has 0 bridgehead atoms. The molecule has 0 spiro atoms. The third-order valence-electron chi connectivity index (χ3n) is 8.26. The van der Waals surface area contributed by atoms with Gasteiger partial charge < -0.3 is 17.2 Å². The molecule has 3 amide bonds. The van der Waals surface area contributed by atoms with Crippen LogP contribution in [0.15, 0.2) is 182 Å². The average Bonchev–Trinajstić information content (AvgIpc) is 3.20. The second-order valence-electron chi connectivity index (χ2n) is 12.6. The SMILES string of the molecule is NC(=O)CS(=O)C(c1ccccc1)c1ccccc1.NC(=O)CS(=O)C(c1ccccc1)c1ccccc1.NC(=O)CS(=O)C(c1ccccc1)c1ccccc1. The van der Waals surface area contributed by atoms with Crippen molar-refractivity contribution >= 4 is 50.1 Å². The molecule has 9 nitrogen and oxygen atoms in total. The lowest BCUT2D eigenvalue weighted by atomic mass is 10.0. The van der Waals surface area contributed by atoms with E-state index in [1.165, 1.54) is 0 Å². The van der Waals surface area contributed by atoms with Crippen LogP contribution in [0, 0.1) is 0 Å². The quantitative estimate of drug-likeness (QED) is 0.114. The van der Waals surface area contributed by atoms with Gasteiger partial charge >= 0.3 is 0 Å². The van der Waals surface area contributed by atoms with Crippen LogP contribution in [-0.4, -0.2) is 47.6 Å². The zero-order valence-corrected chi connectivity index (χ0v) is 33.5. The number of primary amides is 3. The van der Waals surface area contributed by atoms with Gasteiger partial charge in [0.15, 0.2) is 0 Å². The molecule has 12 heteroatoms. The van der Waals surface area contributed by atoms with Crippen LogP contribution in [0.5, 0.6) is 0 Å². The molecule has 57 heavy (non-hydrogen) atoms. The molecule has 0 aliphatic heterocycles. The first-order valence-corrected chi connectivity index (χ1v) is 22.0. The summed E-state index contributed by atoms with van der Waals surface area (Å²) in [5, 5.41) is -0.973. The molecule has 294 valence electrons. The Morgan fingerprint density at radius 2 is 0.456 bits per heavy atom. The van der Waals surface area contributed by atoms with Crippen LogP contribution in [-0.2, 0) is 46.8 Å². The Morgan fingerprint density at radius 1 is 0.316 bits per heavy atom. The zero-order chi connectivity index (χ0) is 41.0. The predicted octanol–water partition coefficient (Wildman–Crippen LogP) is 6.03. The monoisotopic (exact) mass is 819 g/mol. The lowest BCUT2D eigenvalue weighted by Gasteiger charge is -2.16. The molecule has 6 aromatic carbocycles. The molecule has 0 saturated heterocycles. The van der Waals surface area contributed by atoms with E-state index in [2.05, 4.69) is 0 Å². The summed E-state index contributed by atoms with van der Waals surface area (Å²) in [6, 6.07) is 57.1. The van der Waals surface area contributed by atoms with Crippen molar-refractivity contribution in [1.29, 1.82) is 0 Å². The molecule has 0 aromatic heterocycles. The van der Waals surface area contributed by atoms with Gasteiger partial charge in [-0.3, -0.25) is 27.0 Å². The first-order valence-electron chi connectivity index (χ1n) is 17.8. The van der Waals surface area contributed by atoms with E-state index in [0.717, 1.165) is 33.4 Å². The van der Waals surface area contributed by atoms with Crippen molar-refractivity contribution < 1.29 is 27.0 Å². The highest BCUT2D eigenvalue weighted by atomic mass is 32.2. The highest BCUT2D eigenvalue weighted by Gasteiger charge is 2.24. The third kappa shape index (κ3) is 14.3. The number of carbonyl (C=O) groups is 3. The van der Waals surface area contributed by atoms with Crippen molar-refractivity contribution in [3.63, 3.8) is 0 Å². The summed E-state index contributed by atoms with van der Waals surface area (Å²) in [5.74, 6) is -2.03. The van der Waals surface area contributed by atoms with Gasteiger partial charge in [0.05, 0.1) is 15.7 Å². The first kappa shape index (κ1) is 43.9. The standard InChI is InChI=1S/3C15H15NO2S/c3*16-14(17)11-19(18)15(12-7-3-1-4-8-12)13-9-5-2-6-10-13/h3*1-10,15H,11H2,(H2,16,17). The number of benzene rings is 6. The Morgan fingerprint density at radius 3 is 0.579 bits per heavy atom. The van der Waals surface area contributed by atoms with Gasteiger partial charge in [0.1, 0.15) is 17.3 Å². The van der Waals surface area contributed by atoms with Gasteiger partial charge in [-0.1, -0.05) is 182 Å². The van der Waals surface area contributed by atoms with Crippen molar-refractivity contribution in [2.75, 3.05) is 17.3 Å². The lowest BCUT2D eigenvalue weighted by molar-refractivity contribution is -0.116. The molecule has 3 unspecified atom stereocenters. The highest BCUT2D eigenvalue weighted by molar-refractivity contribution is 7.86. The Hall–Kier alpha value is -5.82. The van der Waals surface area contributed by atoms with E-state index in [1.54, 1.807) is 0 Å². The summed E-state index contributed by atoms with van der Waals surface area (Å²) in [5.41, 5.74) is 21.0. The molecule has 0 fully saturated rings. The van der Waals surface area contributed by atoms with Gasteiger partial charge in [-0.15, -0.1) is 0 Å². The van der Waals surface area contributed by atoms with Gasteiger partial charge in [0, 0.05) is 32.4 Å². The molecule has 6 N–H and O–H groups in total. The van der Waals surface area contributed by atoms with Crippen molar-refractivity contribution in [1.82, 2.24) is 0 Å². The van der Waals surface area contributed by atoms with Crippen molar-refractivity contribution in [3.05, 3.63) is 215 Å². The molecule has 0 aliphatic carbocycles. The minimum Gasteiger partial charge on any atom is -0.369 e. The normalized spacial score (nSPS) is 12.3. The van der Waals surface area contributed by atoms with Gasteiger partial charge in [0.2, 0.25) is 17.7 Å². The Kier molecular flexibility index (Phi) is 17.9. The topological polar surface area (TPSA) is 180 Å². The fourth-order valence-corrected chi connectivity index (χ4v) is 10.0. The van der Waals surface area contributed by atoms with Gasteiger partial charge in [-0.25, -0.2) is 0 Å². The van der Waals surface area contributed by atoms with Crippen LogP contribution < -0.4 is 17.2 Å². The second kappa shape index (κ2) is 23.3. The Bertz CT molecular complexity index is 1840. The maximum Gasteiger partial charge on any atom is 0.230 e. The zero-order valence-electron chi connectivity index (χ0n) is 31.1. The fraction of sp³-hybridized carbons (Fsp3) is 0.133. The summed E-state index contributed by atoms with van der Waals surface area (Å²) in [6.07, 6.45) is 0. The third-order valence-corrected chi connectivity index (χ3v) is 13.2. The number of amides is 3. The second-order valence-corrected chi connectivity index (χ2v) is 17.1. The maximum atomic E-state index is 12.4. The minimum absolute atomic E-state index is 0.131. The van der Waals surface area contributed by atoms with Crippen LogP contribution in [0.4, 0.5) is 0 Å². The van der Waals surface area contributed by atoms with E-state index in [4.69, 9.17) is 17.2 Å². The molecule has 0 heterocycles. The Balaban J connectivity index is 0.000000189. The maximum absolute atomic E-state index is 12.4. The summed E-state index contributed by atoms with van der Waals surface area (Å²) < 4.78 is 37.1. The van der Waals surface area contributed by atoms with Crippen LogP contribution in [0.3, 0.4) is 0 Å². The van der Waals surface area contributed by atoms with E-state index < -0.39 is 50.1 Å². The lowest BCUT2D eigenvalue weighted by Crippen LogP contribution is -2.23. The molecule has 6 aromatic rings. The predicted molar refractivity (Wildman–Crippen MR) is 231 cm³/mol. The van der Waals surface area contributed by atoms with Crippen LogP contribution in [0.25, 0.3) is 0 Å². The van der Waals surface area contributed by atoms with E-state index in [0.29, 0.717) is 0 Å². The largest absolute Gasteiger partial charge is 0.369 e. The smallest absolute Gasteiger partial charge is 0.230 e. The van der Waals surface area contributed by atoms with E-state index >= 15 is 0 Å². The van der Waals surface area contributed by atoms with Gasteiger partial charge in [-0.2, -0.15) is 0 Å². The van der Waals surface area contributed by atoms with E-state index in [-0.39, 0.29) is 33.0 Å². The van der Waals surface area contributed by atoms with Crippen LogP contribution >= 0.6 is 0 Å². The molecular formula is C45H45N3O6S3. The molecular weight excluding hydrogens is 775 g/mol. The summed E-state index contributed by atoms with van der Waals surface area (Å²) >= 11 is 0. The van der Waals surface area contributed by atoms with Crippen LogP contribution in [0.1, 0.15) is 49.1 Å². The molecule has 0 radical (unpaired) electrons. The first-order chi connectivity index (χ1) is 27.5. The molecule has 3 atom stereocenters. The Labute approximate surface area is 341 Å². The van der Waals surface area contributed by atoms with Crippen molar-refractivity contribution in [3.8, 4) is 0 Å². The number of rotatable bonds is 15. The molecule has 6 rings (SSSR count).